The molecule has 2 rings (SSSR count). The summed E-state index contributed by atoms with van der Waals surface area (Å²) in [5.41, 5.74) is 1.98. The minimum Gasteiger partial charge on any atom is -0.378 e. The van der Waals surface area contributed by atoms with Crippen LogP contribution in [0.5, 0.6) is 0 Å². The highest BCUT2D eigenvalue weighted by molar-refractivity contribution is 5.85. The first-order chi connectivity index (χ1) is 9.65. The van der Waals surface area contributed by atoms with E-state index in [0.29, 0.717) is 32.6 Å². The molecule has 118 valence electrons. The third kappa shape index (κ3) is 5.99. The van der Waals surface area contributed by atoms with Gasteiger partial charge in [-0.25, -0.2) is 4.39 Å². The van der Waals surface area contributed by atoms with Gasteiger partial charge in [0.15, 0.2) is 0 Å². The molecule has 1 aliphatic rings. The summed E-state index contributed by atoms with van der Waals surface area (Å²) in [4.78, 5) is 11.8. The molecule has 0 saturated carbocycles. The molecule has 0 radical (unpaired) electrons. The van der Waals surface area contributed by atoms with Crippen LogP contribution in [0.2, 0.25) is 0 Å². The van der Waals surface area contributed by atoms with Gasteiger partial charge in [-0.05, 0) is 36.6 Å². The maximum absolute atomic E-state index is 13.0. The molecule has 1 aliphatic heterocycles. The van der Waals surface area contributed by atoms with Gasteiger partial charge in [0.05, 0.1) is 13.2 Å². The molecule has 0 aliphatic carbocycles. The third-order valence-corrected chi connectivity index (χ3v) is 3.45. The van der Waals surface area contributed by atoms with Crippen molar-refractivity contribution in [3.63, 3.8) is 0 Å². The van der Waals surface area contributed by atoms with E-state index in [4.69, 9.17) is 4.74 Å². The second-order valence-electron chi connectivity index (χ2n) is 5.10. The Morgan fingerprint density at radius 2 is 2.33 bits per heavy atom. The summed E-state index contributed by atoms with van der Waals surface area (Å²) in [5, 5.41) is 6.14. The number of hydrogen-bond donors (Lipinski definition) is 2. The van der Waals surface area contributed by atoms with E-state index in [1.54, 1.807) is 6.07 Å². The van der Waals surface area contributed by atoms with Gasteiger partial charge in [-0.3, -0.25) is 4.79 Å². The van der Waals surface area contributed by atoms with Crippen molar-refractivity contribution in [2.45, 2.75) is 25.8 Å². The van der Waals surface area contributed by atoms with Crippen molar-refractivity contribution in [3.8, 4) is 0 Å². The molecule has 0 spiro atoms. The van der Waals surface area contributed by atoms with Gasteiger partial charge in [-0.1, -0.05) is 6.07 Å². The van der Waals surface area contributed by atoms with Gasteiger partial charge in [-0.2, -0.15) is 0 Å². The molecular formula is C15H22ClFN2O2. The molecule has 1 heterocycles. The van der Waals surface area contributed by atoms with Gasteiger partial charge < -0.3 is 15.4 Å². The average Bonchev–Trinajstić information content (AvgIpc) is 2.42. The second-order valence-corrected chi connectivity index (χ2v) is 5.10. The van der Waals surface area contributed by atoms with Crippen molar-refractivity contribution in [1.82, 2.24) is 10.6 Å². The van der Waals surface area contributed by atoms with Crippen LogP contribution < -0.4 is 10.6 Å². The highest BCUT2D eigenvalue weighted by Gasteiger charge is 2.16. The summed E-state index contributed by atoms with van der Waals surface area (Å²) in [5.74, 6) is -0.202. The van der Waals surface area contributed by atoms with Crippen LogP contribution in [0.25, 0.3) is 0 Å². The molecule has 1 aromatic rings. The number of aryl methyl sites for hydroxylation is 1. The number of rotatable bonds is 5. The lowest BCUT2D eigenvalue weighted by atomic mass is 10.1. The fourth-order valence-electron chi connectivity index (χ4n) is 2.32. The minimum absolute atomic E-state index is 0. The lowest BCUT2D eigenvalue weighted by molar-refractivity contribution is -0.122. The van der Waals surface area contributed by atoms with Crippen molar-refractivity contribution < 1.29 is 13.9 Å². The van der Waals surface area contributed by atoms with Crippen molar-refractivity contribution >= 4 is 18.3 Å². The Labute approximate surface area is 130 Å². The van der Waals surface area contributed by atoms with E-state index in [0.717, 1.165) is 17.7 Å². The van der Waals surface area contributed by atoms with E-state index in [2.05, 4.69) is 10.6 Å². The molecule has 1 unspecified atom stereocenters. The SMILES string of the molecule is Cc1cc(F)ccc1CCNC(=O)CC1COCCN1.Cl. The molecule has 2 N–H and O–H groups in total. The minimum atomic E-state index is -0.223. The van der Waals surface area contributed by atoms with Crippen molar-refractivity contribution in [3.05, 3.63) is 35.1 Å². The van der Waals surface area contributed by atoms with Gasteiger partial charge in [0, 0.05) is 25.6 Å². The molecule has 0 aromatic heterocycles. The zero-order valence-electron chi connectivity index (χ0n) is 12.2. The quantitative estimate of drug-likeness (QED) is 0.867. The summed E-state index contributed by atoms with van der Waals surface area (Å²) < 4.78 is 18.3. The van der Waals surface area contributed by atoms with Crippen LogP contribution in [0.15, 0.2) is 18.2 Å². The average molecular weight is 317 g/mol. The largest absolute Gasteiger partial charge is 0.378 e. The predicted octanol–water partition coefficient (Wildman–Crippen LogP) is 1.59. The van der Waals surface area contributed by atoms with Crippen LogP contribution in [0.1, 0.15) is 17.5 Å². The molecule has 1 fully saturated rings. The topological polar surface area (TPSA) is 50.4 Å². The van der Waals surface area contributed by atoms with Crippen molar-refractivity contribution in [2.24, 2.45) is 0 Å². The lowest BCUT2D eigenvalue weighted by Gasteiger charge is -2.23. The van der Waals surface area contributed by atoms with E-state index in [1.165, 1.54) is 12.1 Å². The Kier molecular flexibility index (Phi) is 7.64. The van der Waals surface area contributed by atoms with Gasteiger partial charge >= 0.3 is 0 Å². The number of benzene rings is 1. The fraction of sp³-hybridized carbons (Fsp3) is 0.533. The molecule has 21 heavy (non-hydrogen) atoms. The maximum atomic E-state index is 13.0. The number of halogens is 2. The highest BCUT2D eigenvalue weighted by Crippen LogP contribution is 2.10. The molecule has 6 heteroatoms. The van der Waals surface area contributed by atoms with Gasteiger partial charge in [0.1, 0.15) is 5.82 Å². The van der Waals surface area contributed by atoms with Crippen molar-refractivity contribution in [1.29, 1.82) is 0 Å². The smallest absolute Gasteiger partial charge is 0.221 e. The Morgan fingerprint density at radius 3 is 3.00 bits per heavy atom. The third-order valence-electron chi connectivity index (χ3n) is 3.45. The first-order valence-corrected chi connectivity index (χ1v) is 6.98. The number of nitrogens with one attached hydrogen (secondary N) is 2. The van der Waals surface area contributed by atoms with Gasteiger partial charge in [0.25, 0.3) is 0 Å². The fourth-order valence-corrected chi connectivity index (χ4v) is 2.32. The van der Waals surface area contributed by atoms with Crippen LogP contribution in [0, 0.1) is 12.7 Å². The van der Waals surface area contributed by atoms with Crippen LogP contribution in [0.3, 0.4) is 0 Å². The standard InChI is InChI=1S/C15H21FN2O2.ClH/c1-11-8-13(16)3-2-12(11)4-5-18-15(19)9-14-10-20-7-6-17-14;/h2-3,8,14,17H,4-7,9-10H2,1H3,(H,18,19);1H. The van der Waals surface area contributed by atoms with Gasteiger partial charge in [0.2, 0.25) is 5.91 Å². The first-order valence-electron chi connectivity index (χ1n) is 6.98. The monoisotopic (exact) mass is 316 g/mol. The Hall–Kier alpha value is -1.17. The van der Waals surface area contributed by atoms with E-state index >= 15 is 0 Å². The summed E-state index contributed by atoms with van der Waals surface area (Å²) in [6.45, 7) is 4.54. The zero-order chi connectivity index (χ0) is 14.4. The molecule has 1 atom stereocenters. The second kappa shape index (κ2) is 8.97. The normalized spacial score (nSPS) is 17.9. The van der Waals surface area contributed by atoms with Gasteiger partial charge in [-0.15, -0.1) is 12.4 Å². The van der Waals surface area contributed by atoms with Crippen LogP contribution in [-0.2, 0) is 16.0 Å². The lowest BCUT2D eigenvalue weighted by Crippen LogP contribution is -2.44. The Bertz CT molecular complexity index is 465. The maximum Gasteiger partial charge on any atom is 0.221 e. The van der Waals surface area contributed by atoms with Crippen LogP contribution in [-0.4, -0.2) is 38.3 Å². The number of carbonyl (C=O) groups is 1. The summed E-state index contributed by atoms with van der Waals surface area (Å²) in [6, 6.07) is 4.85. The zero-order valence-corrected chi connectivity index (χ0v) is 13.0. The van der Waals surface area contributed by atoms with E-state index in [-0.39, 0.29) is 30.2 Å². The van der Waals surface area contributed by atoms with E-state index in [1.807, 2.05) is 6.92 Å². The Morgan fingerprint density at radius 1 is 1.52 bits per heavy atom. The van der Waals surface area contributed by atoms with E-state index in [9.17, 15) is 9.18 Å². The van der Waals surface area contributed by atoms with Crippen LogP contribution >= 0.6 is 12.4 Å². The number of carbonyl (C=O) groups excluding carboxylic acids is 1. The van der Waals surface area contributed by atoms with Crippen LogP contribution in [0.4, 0.5) is 4.39 Å². The predicted molar refractivity (Wildman–Crippen MR) is 82.3 cm³/mol. The highest BCUT2D eigenvalue weighted by atomic mass is 35.5. The summed E-state index contributed by atoms with van der Waals surface area (Å²) in [7, 11) is 0. The molecule has 0 bridgehead atoms. The van der Waals surface area contributed by atoms with Crippen molar-refractivity contribution in [2.75, 3.05) is 26.3 Å². The molecule has 1 aromatic carbocycles. The number of hydrogen-bond acceptors (Lipinski definition) is 3. The summed E-state index contributed by atoms with van der Waals surface area (Å²) >= 11 is 0. The Balaban J connectivity index is 0.00000220. The summed E-state index contributed by atoms with van der Waals surface area (Å²) in [6.07, 6.45) is 1.15. The molecule has 1 saturated heterocycles. The molecule has 1 amide bonds. The van der Waals surface area contributed by atoms with E-state index < -0.39 is 0 Å². The molecular weight excluding hydrogens is 295 g/mol. The number of amides is 1. The first kappa shape index (κ1) is 17.9. The number of ether oxygens (including phenoxy) is 1. The molecule has 4 nitrogen and oxygen atoms in total. The number of morpholine rings is 1.